The van der Waals surface area contributed by atoms with Crippen molar-refractivity contribution >= 4 is 18.0 Å². The zero-order valence-corrected chi connectivity index (χ0v) is 17.6. The number of carbonyl (C=O) groups is 3. The second-order valence-corrected chi connectivity index (χ2v) is 6.88. The fourth-order valence-corrected chi connectivity index (χ4v) is 2.45. The molecule has 0 spiro atoms. The van der Waals surface area contributed by atoms with Gasteiger partial charge in [-0.3, -0.25) is 4.79 Å². The lowest BCUT2D eigenvalue weighted by Crippen LogP contribution is -2.45. The van der Waals surface area contributed by atoms with Crippen LogP contribution in [0.15, 0.2) is 12.1 Å². The molecule has 1 atom stereocenters. The number of carbonyl (C=O) groups excluding carboxylic acids is 3. The number of nitrogens with one attached hydrogen (secondary N) is 1. The summed E-state index contributed by atoms with van der Waals surface area (Å²) in [6.07, 6.45) is -0.491. The van der Waals surface area contributed by atoms with Gasteiger partial charge in [0.25, 0.3) is 0 Å². The quantitative estimate of drug-likeness (QED) is 0.763. The number of rotatable bonds is 5. The van der Waals surface area contributed by atoms with Gasteiger partial charge in [0.2, 0.25) is 5.91 Å². The fraction of sp³-hybridized carbons (Fsp3) is 0.550. The molecule has 0 saturated carbocycles. The molecule has 1 rings (SSSR count). The Morgan fingerprint density at radius 2 is 1.59 bits per heavy atom. The second-order valence-electron chi connectivity index (χ2n) is 6.88. The number of hydrogen-bond acceptors (Lipinski definition) is 5. The summed E-state index contributed by atoms with van der Waals surface area (Å²) in [5, 5.41) is 2.54. The summed E-state index contributed by atoms with van der Waals surface area (Å²) in [6.45, 7) is 12.8. The van der Waals surface area contributed by atoms with E-state index in [1.807, 2.05) is 27.7 Å². The first-order valence-electron chi connectivity index (χ1n) is 8.92. The van der Waals surface area contributed by atoms with E-state index in [2.05, 4.69) is 5.32 Å². The van der Waals surface area contributed by atoms with Crippen molar-refractivity contribution in [3.8, 4) is 0 Å². The Bertz CT molecular complexity index is 654. The van der Waals surface area contributed by atoms with Crippen molar-refractivity contribution < 1.29 is 23.9 Å². The number of aryl methyl sites for hydroxylation is 2. The number of alkyl carbamates (subject to hydrolysis) is 1. The van der Waals surface area contributed by atoms with Crippen molar-refractivity contribution in [3.05, 3.63) is 34.4 Å². The Labute approximate surface area is 161 Å². The van der Waals surface area contributed by atoms with E-state index in [4.69, 9.17) is 15.2 Å². The lowest BCUT2D eigenvalue weighted by atomic mass is 9.94. The largest absolute Gasteiger partial charge is 0.467 e. The molecule has 0 saturated heterocycles. The van der Waals surface area contributed by atoms with Gasteiger partial charge in [-0.05, 0) is 63.4 Å². The van der Waals surface area contributed by atoms with Crippen molar-refractivity contribution in [2.45, 2.75) is 66.5 Å². The number of nitrogens with two attached hydrogens (primary N) is 1. The summed E-state index contributed by atoms with van der Waals surface area (Å²) >= 11 is 0. The number of primary amides is 1. The molecule has 0 aromatic heterocycles. The van der Waals surface area contributed by atoms with Gasteiger partial charge in [-0.1, -0.05) is 13.8 Å². The van der Waals surface area contributed by atoms with Gasteiger partial charge >= 0.3 is 12.1 Å². The van der Waals surface area contributed by atoms with Crippen LogP contribution in [-0.2, 0) is 20.7 Å². The molecule has 2 amide bonds. The van der Waals surface area contributed by atoms with E-state index in [9.17, 15) is 14.4 Å². The van der Waals surface area contributed by atoms with E-state index < -0.39 is 29.6 Å². The molecule has 0 fully saturated rings. The van der Waals surface area contributed by atoms with Crippen LogP contribution in [0.1, 0.15) is 61.7 Å². The highest BCUT2D eigenvalue weighted by molar-refractivity contribution is 5.93. The maximum Gasteiger partial charge on any atom is 0.408 e. The zero-order chi connectivity index (χ0) is 21.4. The van der Waals surface area contributed by atoms with Gasteiger partial charge in [0, 0.05) is 12.0 Å². The molecule has 7 nitrogen and oxygen atoms in total. The molecule has 0 heterocycles. The van der Waals surface area contributed by atoms with Crippen molar-refractivity contribution in [2.75, 3.05) is 7.11 Å². The summed E-state index contributed by atoms with van der Waals surface area (Å²) in [7, 11) is 1.25. The van der Waals surface area contributed by atoms with Crippen LogP contribution in [0.25, 0.3) is 0 Å². The van der Waals surface area contributed by atoms with E-state index in [-0.39, 0.29) is 6.42 Å². The summed E-state index contributed by atoms with van der Waals surface area (Å²) in [6, 6.07) is 2.41. The monoisotopic (exact) mass is 380 g/mol. The molecule has 0 bridgehead atoms. The molecule has 152 valence electrons. The summed E-state index contributed by atoms with van der Waals surface area (Å²) in [5.74, 6) is -1.10. The minimum absolute atomic E-state index is 0.211. The third-order valence-corrected chi connectivity index (χ3v) is 3.57. The molecule has 0 aliphatic carbocycles. The van der Waals surface area contributed by atoms with Crippen LogP contribution in [0, 0.1) is 13.8 Å². The normalized spacial score (nSPS) is 11.6. The topological polar surface area (TPSA) is 108 Å². The van der Waals surface area contributed by atoms with E-state index >= 15 is 0 Å². The van der Waals surface area contributed by atoms with Crippen LogP contribution >= 0.6 is 0 Å². The van der Waals surface area contributed by atoms with Gasteiger partial charge in [-0.25, -0.2) is 9.59 Å². The van der Waals surface area contributed by atoms with Gasteiger partial charge in [-0.2, -0.15) is 0 Å². The minimum Gasteiger partial charge on any atom is -0.467 e. The molecule has 1 aromatic carbocycles. The molecule has 3 N–H and O–H groups in total. The predicted octanol–water partition coefficient (Wildman–Crippen LogP) is 3.04. The first-order valence-corrected chi connectivity index (χ1v) is 8.92. The lowest BCUT2D eigenvalue weighted by Gasteiger charge is -2.23. The first-order chi connectivity index (χ1) is 12.4. The van der Waals surface area contributed by atoms with Crippen LogP contribution < -0.4 is 11.1 Å². The summed E-state index contributed by atoms with van der Waals surface area (Å²) in [4.78, 5) is 35.4. The fourth-order valence-electron chi connectivity index (χ4n) is 2.45. The molecule has 7 heteroatoms. The summed E-state index contributed by atoms with van der Waals surface area (Å²) < 4.78 is 9.97. The molecule has 1 unspecified atom stereocenters. The van der Waals surface area contributed by atoms with Gasteiger partial charge in [0.1, 0.15) is 11.6 Å². The van der Waals surface area contributed by atoms with Crippen molar-refractivity contribution in [2.24, 2.45) is 5.73 Å². The number of hydrogen-bond donors (Lipinski definition) is 2. The van der Waals surface area contributed by atoms with Gasteiger partial charge in [0.05, 0.1) is 7.11 Å². The molecule has 0 radical (unpaired) electrons. The molecular formula is C20H32N2O5. The average Bonchev–Trinajstić information content (AvgIpc) is 2.56. The van der Waals surface area contributed by atoms with Crippen molar-refractivity contribution in [1.82, 2.24) is 5.32 Å². The maximum atomic E-state index is 12.0. The minimum atomic E-state index is -0.906. The zero-order valence-electron chi connectivity index (χ0n) is 17.6. The van der Waals surface area contributed by atoms with Gasteiger partial charge in [-0.15, -0.1) is 0 Å². The molecular weight excluding hydrogens is 348 g/mol. The number of ether oxygens (including phenoxy) is 2. The van der Waals surface area contributed by atoms with Crippen LogP contribution in [0.3, 0.4) is 0 Å². The molecule has 0 aliphatic heterocycles. The Morgan fingerprint density at radius 1 is 1.11 bits per heavy atom. The second kappa shape index (κ2) is 10.5. The van der Waals surface area contributed by atoms with E-state index in [1.54, 1.807) is 32.9 Å². The molecule has 1 aromatic rings. The number of esters is 1. The van der Waals surface area contributed by atoms with Crippen molar-refractivity contribution in [3.63, 3.8) is 0 Å². The molecule has 0 aliphatic rings. The van der Waals surface area contributed by atoms with Gasteiger partial charge in [0.15, 0.2) is 0 Å². The highest BCUT2D eigenvalue weighted by Crippen LogP contribution is 2.19. The summed E-state index contributed by atoms with van der Waals surface area (Å²) in [5.41, 5.74) is 7.46. The number of methoxy groups -OCH3 is 1. The average molecular weight is 380 g/mol. The van der Waals surface area contributed by atoms with Crippen LogP contribution in [0.5, 0.6) is 0 Å². The lowest BCUT2D eigenvalue weighted by molar-refractivity contribution is -0.143. The SMILES string of the molecule is CC.COC(=O)C(Cc1c(C)cc(C(N)=O)cc1C)NC(=O)OC(C)(C)C. The van der Waals surface area contributed by atoms with Crippen molar-refractivity contribution in [1.29, 1.82) is 0 Å². The third kappa shape index (κ3) is 8.11. The Hall–Kier alpha value is -2.57. The maximum absolute atomic E-state index is 12.0. The highest BCUT2D eigenvalue weighted by Gasteiger charge is 2.26. The third-order valence-electron chi connectivity index (χ3n) is 3.57. The van der Waals surface area contributed by atoms with E-state index in [0.717, 1.165) is 16.7 Å². The van der Waals surface area contributed by atoms with Crippen LogP contribution in [0.2, 0.25) is 0 Å². The highest BCUT2D eigenvalue weighted by atomic mass is 16.6. The Balaban J connectivity index is 0.00000326. The Kier molecular flexibility index (Phi) is 9.54. The van der Waals surface area contributed by atoms with Crippen LogP contribution in [0.4, 0.5) is 4.79 Å². The Morgan fingerprint density at radius 3 is 1.96 bits per heavy atom. The van der Waals surface area contributed by atoms with E-state index in [0.29, 0.717) is 5.56 Å². The predicted molar refractivity (Wildman–Crippen MR) is 105 cm³/mol. The standard InChI is InChI=1S/C18H26N2O5.C2H6/c1-10-7-12(15(19)21)8-11(2)13(10)9-14(16(22)24-6)20-17(23)25-18(3,4)5;1-2/h7-8,14H,9H2,1-6H3,(H2,19,21)(H,20,23);1-2H3. The first kappa shape index (κ1) is 24.4. The van der Waals surface area contributed by atoms with Crippen LogP contribution in [-0.4, -0.2) is 36.7 Å². The smallest absolute Gasteiger partial charge is 0.408 e. The van der Waals surface area contributed by atoms with Gasteiger partial charge < -0.3 is 20.5 Å². The number of amides is 2. The number of benzene rings is 1. The van der Waals surface area contributed by atoms with E-state index in [1.165, 1.54) is 7.11 Å². The molecule has 27 heavy (non-hydrogen) atoms.